The number of benzene rings is 1. The van der Waals surface area contributed by atoms with Crippen molar-refractivity contribution in [2.75, 3.05) is 18.0 Å². The molecular formula is C16H24N2. The van der Waals surface area contributed by atoms with Crippen LogP contribution in [0, 0.1) is 0 Å². The van der Waals surface area contributed by atoms with Crippen LogP contribution < -0.4 is 10.6 Å². The first-order valence-corrected chi connectivity index (χ1v) is 7.21. The van der Waals surface area contributed by atoms with Crippen LogP contribution in [0.4, 0.5) is 5.69 Å². The van der Waals surface area contributed by atoms with E-state index in [2.05, 4.69) is 30.9 Å². The number of hydrogen-bond acceptors (Lipinski definition) is 2. The molecule has 1 aromatic carbocycles. The van der Waals surface area contributed by atoms with Crippen molar-refractivity contribution in [2.24, 2.45) is 5.73 Å². The van der Waals surface area contributed by atoms with Gasteiger partial charge in [-0.15, -0.1) is 0 Å². The van der Waals surface area contributed by atoms with Gasteiger partial charge in [0.05, 0.1) is 0 Å². The first-order chi connectivity index (χ1) is 8.53. The predicted molar refractivity (Wildman–Crippen MR) is 77.3 cm³/mol. The van der Waals surface area contributed by atoms with E-state index >= 15 is 0 Å². The number of nitrogens with zero attached hydrogens (tertiary/aromatic N) is 1. The molecule has 0 amide bonds. The van der Waals surface area contributed by atoms with Crippen LogP contribution in [0.15, 0.2) is 12.1 Å². The maximum absolute atomic E-state index is 6.09. The lowest BCUT2D eigenvalue weighted by Gasteiger charge is -2.28. The molecule has 0 spiro atoms. The maximum Gasteiger partial charge on any atom is 0.0432 e. The van der Waals surface area contributed by atoms with Crippen molar-refractivity contribution in [2.45, 2.75) is 51.5 Å². The molecule has 2 aliphatic heterocycles. The molecule has 0 atom stereocenters. The van der Waals surface area contributed by atoms with E-state index in [1.54, 1.807) is 16.8 Å². The second-order valence-corrected chi connectivity index (χ2v) is 6.59. The summed E-state index contributed by atoms with van der Waals surface area (Å²) in [6, 6.07) is 4.86. The summed E-state index contributed by atoms with van der Waals surface area (Å²) in [6.45, 7) is 6.72. The van der Waals surface area contributed by atoms with Gasteiger partial charge in [0.25, 0.3) is 0 Å². The SMILES string of the molecule is CC(C)(N)CCc1cc2c3c(c1)CCN3CCC2. The number of hydrogen-bond donors (Lipinski definition) is 1. The third-order valence-electron chi connectivity index (χ3n) is 4.23. The molecule has 1 aromatic rings. The van der Waals surface area contributed by atoms with Gasteiger partial charge in [-0.05, 0) is 62.6 Å². The van der Waals surface area contributed by atoms with E-state index in [-0.39, 0.29) is 5.54 Å². The van der Waals surface area contributed by atoms with E-state index in [1.807, 2.05) is 0 Å². The van der Waals surface area contributed by atoms with Gasteiger partial charge in [-0.1, -0.05) is 12.1 Å². The van der Waals surface area contributed by atoms with Crippen molar-refractivity contribution in [1.29, 1.82) is 0 Å². The predicted octanol–water partition coefficient (Wildman–Crippen LogP) is 2.67. The summed E-state index contributed by atoms with van der Waals surface area (Å²) < 4.78 is 0. The van der Waals surface area contributed by atoms with E-state index < -0.39 is 0 Å². The van der Waals surface area contributed by atoms with Crippen molar-refractivity contribution < 1.29 is 0 Å². The molecule has 2 heteroatoms. The number of rotatable bonds is 3. The molecule has 18 heavy (non-hydrogen) atoms. The van der Waals surface area contributed by atoms with Gasteiger partial charge in [0.1, 0.15) is 0 Å². The molecule has 2 N–H and O–H groups in total. The van der Waals surface area contributed by atoms with Crippen LogP contribution in [-0.4, -0.2) is 18.6 Å². The van der Waals surface area contributed by atoms with Crippen LogP contribution in [0.5, 0.6) is 0 Å². The lowest BCUT2D eigenvalue weighted by atomic mass is 9.92. The lowest BCUT2D eigenvalue weighted by molar-refractivity contribution is 0.476. The van der Waals surface area contributed by atoms with Crippen LogP contribution in [0.2, 0.25) is 0 Å². The minimum absolute atomic E-state index is 0.0533. The quantitative estimate of drug-likeness (QED) is 0.885. The van der Waals surface area contributed by atoms with Crippen molar-refractivity contribution >= 4 is 5.69 Å². The fourth-order valence-electron chi connectivity index (χ4n) is 3.28. The van der Waals surface area contributed by atoms with Crippen LogP contribution in [0.25, 0.3) is 0 Å². The summed E-state index contributed by atoms with van der Waals surface area (Å²) in [5.74, 6) is 0. The molecular weight excluding hydrogens is 220 g/mol. The van der Waals surface area contributed by atoms with Gasteiger partial charge in [0.2, 0.25) is 0 Å². The van der Waals surface area contributed by atoms with Gasteiger partial charge in [0, 0.05) is 24.3 Å². The molecule has 3 rings (SSSR count). The number of nitrogens with two attached hydrogens (primary N) is 1. The zero-order chi connectivity index (χ0) is 12.8. The summed E-state index contributed by atoms with van der Waals surface area (Å²) in [5.41, 5.74) is 12.3. The van der Waals surface area contributed by atoms with E-state index in [0.29, 0.717) is 0 Å². The zero-order valence-corrected chi connectivity index (χ0v) is 11.6. The molecule has 98 valence electrons. The molecule has 0 saturated carbocycles. The molecule has 0 aliphatic carbocycles. The topological polar surface area (TPSA) is 29.3 Å². The summed E-state index contributed by atoms with van der Waals surface area (Å²) in [5, 5.41) is 0. The summed E-state index contributed by atoms with van der Waals surface area (Å²) >= 11 is 0. The Kier molecular flexibility index (Phi) is 2.86. The van der Waals surface area contributed by atoms with E-state index in [0.717, 1.165) is 12.8 Å². The van der Waals surface area contributed by atoms with Gasteiger partial charge in [-0.25, -0.2) is 0 Å². The van der Waals surface area contributed by atoms with Gasteiger partial charge < -0.3 is 10.6 Å². The Morgan fingerprint density at radius 2 is 1.89 bits per heavy atom. The molecule has 0 saturated heterocycles. The fraction of sp³-hybridized carbons (Fsp3) is 0.625. The Morgan fingerprint density at radius 3 is 2.61 bits per heavy atom. The van der Waals surface area contributed by atoms with Crippen LogP contribution in [0.3, 0.4) is 0 Å². The van der Waals surface area contributed by atoms with Gasteiger partial charge in [0.15, 0.2) is 0 Å². The molecule has 2 heterocycles. The number of anilines is 1. The summed E-state index contributed by atoms with van der Waals surface area (Å²) in [7, 11) is 0. The van der Waals surface area contributed by atoms with Gasteiger partial charge in [-0.3, -0.25) is 0 Å². The fourth-order valence-corrected chi connectivity index (χ4v) is 3.28. The molecule has 0 unspecified atom stereocenters. The largest absolute Gasteiger partial charge is 0.371 e. The average molecular weight is 244 g/mol. The first kappa shape index (κ1) is 12.0. The molecule has 0 aromatic heterocycles. The summed E-state index contributed by atoms with van der Waals surface area (Å²) in [4.78, 5) is 2.57. The van der Waals surface area contributed by atoms with Gasteiger partial charge in [-0.2, -0.15) is 0 Å². The maximum atomic E-state index is 6.09. The Morgan fingerprint density at radius 1 is 1.17 bits per heavy atom. The summed E-state index contributed by atoms with van der Waals surface area (Å²) in [6.07, 6.45) is 6.00. The highest BCUT2D eigenvalue weighted by atomic mass is 15.2. The molecule has 2 nitrogen and oxygen atoms in total. The van der Waals surface area contributed by atoms with Crippen molar-refractivity contribution in [3.8, 4) is 0 Å². The third kappa shape index (κ3) is 2.26. The van der Waals surface area contributed by atoms with E-state index in [4.69, 9.17) is 5.73 Å². The van der Waals surface area contributed by atoms with Crippen LogP contribution in [-0.2, 0) is 19.3 Å². The zero-order valence-electron chi connectivity index (χ0n) is 11.6. The van der Waals surface area contributed by atoms with Crippen LogP contribution >= 0.6 is 0 Å². The third-order valence-corrected chi connectivity index (χ3v) is 4.23. The van der Waals surface area contributed by atoms with Crippen molar-refractivity contribution in [3.63, 3.8) is 0 Å². The Labute approximate surface area is 110 Å². The second-order valence-electron chi connectivity index (χ2n) is 6.59. The standard InChI is InChI=1S/C16H24N2/c1-16(2,17)7-5-12-10-13-4-3-8-18-9-6-14(11-12)15(13)18/h10-11H,3-9,17H2,1-2H3. The van der Waals surface area contributed by atoms with Crippen LogP contribution in [0.1, 0.15) is 43.4 Å². The van der Waals surface area contributed by atoms with Crippen molar-refractivity contribution in [1.82, 2.24) is 0 Å². The molecule has 0 radical (unpaired) electrons. The Bertz CT molecular complexity index is 457. The normalized spacial score (nSPS) is 18.1. The highest BCUT2D eigenvalue weighted by Gasteiger charge is 2.26. The van der Waals surface area contributed by atoms with E-state index in [1.165, 1.54) is 37.9 Å². The average Bonchev–Trinajstić information content (AvgIpc) is 2.71. The Hall–Kier alpha value is -1.02. The Balaban J connectivity index is 1.86. The highest BCUT2D eigenvalue weighted by Crippen LogP contribution is 2.37. The first-order valence-electron chi connectivity index (χ1n) is 7.21. The molecule has 0 bridgehead atoms. The smallest absolute Gasteiger partial charge is 0.0432 e. The lowest BCUT2D eigenvalue weighted by Crippen LogP contribution is -2.32. The van der Waals surface area contributed by atoms with E-state index in [9.17, 15) is 0 Å². The minimum Gasteiger partial charge on any atom is -0.371 e. The second kappa shape index (κ2) is 4.27. The highest BCUT2D eigenvalue weighted by molar-refractivity contribution is 5.65. The monoisotopic (exact) mass is 244 g/mol. The van der Waals surface area contributed by atoms with Gasteiger partial charge >= 0.3 is 0 Å². The van der Waals surface area contributed by atoms with Crippen molar-refractivity contribution in [3.05, 3.63) is 28.8 Å². The molecule has 0 fully saturated rings. The number of aryl methyl sites for hydroxylation is 2. The minimum atomic E-state index is -0.0533. The molecule has 2 aliphatic rings.